The number of amides is 1. The van der Waals surface area contributed by atoms with Crippen LogP contribution in [-0.2, 0) is 6.54 Å². The second-order valence-corrected chi connectivity index (χ2v) is 8.53. The SMILES string of the molecule is O=C(NCc1ccc2c(c1)OCO2)c1ccc(N2CCC(NCC3CC3)CC2)cc1. The zero-order chi connectivity index (χ0) is 20.3. The quantitative estimate of drug-likeness (QED) is 0.737. The maximum Gasteiger partial charge on any atom is 0.251 e. The standard InChI is InChI=1S/C24H29N3O3/c28-24(26-15-18-3-8-22-23(13-18)30-16-29-22)19-4-6-21(7-5-19)27-11-9-20(10-12-27)25-14-17-1-2-17/h3-8,13,17,20,25H,1-2,9-12,14-16H2,(H,26,28). The van der Waals surface area contributed by atoms with E-state index in [-0.39, 0.29) is 12.7 Å². The zero-order valence-electron chi connectivity index (χ0n) is 17.2. The Labute approximate surface area is 177 Å². The second-order valence-electron chi connectivity index (χ2n) is 8.53. The number of ether oxygens (including phenoxy) is 2. The zero-order valence-corrected chi connectivity index (χ0v) is 17.2. The molecule has 6 heteroatoms. The molecule has 0 spiro atoms. The number of piperidine rings is 1. The van der Waals surface area contributed by atoms with Crippen molar-refractivity contribution in [2.24, 2.45) is 5.92 Å². The minimum Gasteiger partial charge on any atom is -0.454 e. The van der Waals surface area contributed by atoms with E-state index in [0.717, 1.165) is 36.1 Å². The number of benzene rings is 2. The van der Waals surface area contributed by atoms with Crippen LogP contribution < -0.4 is 25.0 Å². The molecular weight excluding hydrogens is 378 g/mol. The highest BCUT2D eigenvalue weighted by Crippen LogP contribution is 2.32. The van der Waals surface area contributed by atoms with E-state index in [2.05, 4.69) is 27.7 Å². The molecule has 0 bridgehead atoms. The molecule has 1 saturated carbocycles. The largest absolute Gasteiger partial charge is 0.454 e. The molecule has 2 aromatic rings. The molecule has 2 aromatic carbocycles. The van der Waals surface area contributed by atoms with Gasteiger partial charge in [-0.1, -0.05) is 6.07 Å². The summed E-state index contributed by atoms with van der Waals surface area (Å²) in [5.41, 5.74) is 2.87. The molecule has 0 radical (unpaired) electrons. The molecule has 1 aliphatic carbocycles. The van der Waals surface area contributed by atoms with Crippen molar-refractivity contribution < 1.29 is 14.3 Å². The first kappa shape index (κ1) is 19.2. The number of carbonyl (C=O) groups excluding carboxylic acids is 1. The van der Waals surface area contributed by atoms with Crippen LogP contribution in [0.25, 0.3) is 0 Å². The van der Waals surface area contributed by atoms with Crippen LogP contribution in [0, 0.1) is 5.92 Å². The van der Waals surface area contributed by atoms with Crippen LogP contribution in [0.3, 0.4) is 0 Å². The molecule has 0 aromatic heterocycles. The van der Waals surface area contributed by atoms with Crippen LogP contribution in [-0.4, -0.2) is 38.4 Å². The van der Waals surface area contributed by atoms with E-state index < -0.39 is 0 Å². The van der Waals surface area contributed by atoms with E-state index in [0.29, 0.717) is 18.2 Å². The third-order valence-electron chi connectivity index (χ3n) is 6.27. The van der Waals surface area contributed by atoms with E-state index in [1.165, 1.54) is 37.9 Å². The van der Waals surface area contributed by atoms with Crippen LogP contribution in [0.4, 0.5) is 5.69 Å². The summed E-state index contributed by atoms with van der Waals surface area (Å²) < 4.78 is 10.7. The number of hydrogen-bond acceptors (Lipinski definition) is 5. The van der Waals surface area contributed by atoms with Crippen molar-refractivity contribution in [1.82, 2.24) is 10.6 Å². The molecule has 2 heterocycles. The summed E-state index contributed by atoms with van der Waals surface area (Å²) in [6.07, 6.45) is 5.18. The van der Waals surface area contributed by atoms with Crippen LogP contribution in [0.5, 0.6) is 11.5 Å². The summed E-state index contributed by atoms with van der Waals surface area (Å²) in [7, 11) is 0. The lowest BCUT2D eigenvalue weighted by Gasteiger charge is -2.34. The monoisotopic (exact) mass is 407 g/mol. The van der Waals surface area contributed by atoms with Crippen molar-refractivity contribution in [1.29, 1.82) is 0 Å². The number of fused-ring (bicyclic) bond motifs is 1. The maximum atomic E-state index is 12.5. The van der Waals surface area contributed by atoms with Crippen LogP contribution >= 0.6 is 0 Å². The van der Waals surface area contributed by atoms with E-state index >= 15 is 0 Å². The Morgan fingerprint density at radius 2 is 1.73 bits per heavy atom. The van der Waals surface area contributed by atoms with Gasteiger partial charge in [0.2, 0.25) is 6.79 Å². The Morgan fingerprint density at radius 3 is 2.50 bits per heavy atom. The highest BCUT2D eigenvalue weighted by atomic mass is 16.7. The first-order valence-electron chi connectivity index (χ1n) is 11.0. The lowest BCUT2D eigenvalue weighted by molar-refractivity contribution is 0.0951. The third-order valence-corrected chi connectivity index (χ3v) is 6.27. The second kappa shape index (κ2) is 8.56. The van der Waals surface area contributed by atoms with Gasteiger partial charge in [-0.2, -0.15) is 0 Å². The summed E-state index contributed by atoms with van der Waals surface area (Å²) >= 11 is 0. The lowest BCUT2D eigenvalue weighted by atomic mass is 10.0. The number of anilines is 1. The number of hydrogen-bond donors (Lipinski definition) is 2. The van der Waals surface area contributed by atoms with E-state index in [1.54, 1.807) is 0 Å². The number of carbonyl (C=O) groups is 1. The smallest absolute Gasteiger partial charge is 0.251 e. The van der Waals surface area contributed by atoms with Gasteiger partial charge in [-0.25, -0.2) is 0 Å². The molecule has 6 nitrogen and oxygen atoms in total. The van der Waals surface area contributed by atoms with Crippen molar-refractivity contribution in [3.05, 3.63) is 53.6 Å². The summed E-state index contributed by atoms with van der Waals surface area (Å²) in [5.74, 6) is 2.36. The molecule has 2 aliphatic heterocycles. The van der Waals surface area contributed by atoms with Crippen LogP contribution in [0.2, 0.25) is 0 Å². The van der Waals surface area contributed by atoms with Gasteiger partial charge in [0.25, 0.3) is 5.91 Å². The Kier molecular flexibility index (Phi) is 5.49. The van der Waals surface area contributed by atoms with E-state index in [9.17, 15) is 4.79 Å². The van der Waals surface area contributed by atoms with Crippen molar-refractivity contribution in [2.75, 3.05) is 31.3 Å². The lowest BCUT2D eigenvalue weighted by Crippen LogP contribution is -2.43. The number of nitrogens with one attached hydrogen (secondary N) is 2. The average Bonchev–Trinajstić information content (AvgIpc) is 3.51. The Hall–Kier alpha value is -2.73. The molecule has 2 fully saturated rings. The first-order valence-corrected chi connectivity index (χ1v) is 11.0. The van der Waals surface area contributed by atoms with Gasteiger partial charge in [0, 0.05) is 36.9 Å². The van der Waals surface area contributed by atoms with Gasteiger partial charge < -0.3 is 25.0 Å². The fourth-order valence-corrected chi connectivity index (χ4v) is 4.16. The third kappa shape index (κ3) is 4.54. The van der Waals surface area contributed by atoms with Crippen molar-refractivity contribution in [2.45, 2.75) is 38.3 Å². The van der Waals surface area contributed by atoms with E-state index in [1.807, 2.05) is 30.3 Å². The van der Waals surface area contributed by atoms with Crippen LogP contribution in [0.1, 0.15) is 41.6 Å². The fourth-order valence-electron chi connectivity index (χ4n) is 4.16. The molecule has 30 heavy (non-hydrogen) atoms. The summed E-state index contributed by atoms with van der Waals surface area (Å²) in [6.45, 7) is 4.04. The maximum absolute atomic E-state index is 12.5. The molecule has 2 N–H and O–H groups in total. The van der Waals surface area contributed by atoms with Crippen molar-refractivity contribution in [3.8, 4) is 11.5 Å². The minimum absolute atomic E-state index is 0.0674. The highest BCUT2D eigenvalue weighted by molar-refractivity contribution is 5.94. The molecule has 5 rings (SSSR count). The Balaban J connectivity index is 1.11. The fraction of sp³-hybridized carbons (Fsp3) is 0.458. The Morgan fingerprint density at radius 1 is 0.967 bits per heavy atom. The number of rotatable bonds is 7. The highest BCUT2D eigenvalue weighted by Gasteiger charge is 2.24. The first-order chi connectivity index (χ1) is 14.7. The summed E-state index contributed by atoms with van der Waals surface area (Å²) in [5, 5.41) is 6.71. The predicted octanol–water partition coefficient (Wildman–Crippen LogP) is 3.31. The minimum atomic E-state index is -0.0674. The van der Waals surface area contributed by atoms with Gasteiger partial charge in [-0.3, -0.25) is 4.79 Å². The van der Waals surface area contributed by atoms with Crippen LogP contribution in [0.15, 0.2) is 42.5 Å². The van der Waals surface area contributed by atoms with Crippen molar-refractivity contribution in [3.63, 3.8) is 0 Å². The molecule has 158 valence electrons. The number of nitrogens with zero attached hydrogens (tertiary/aromatic N) is 1. The molecule has 0 atom stereocenters. The van der Waals surface area contributed by atoms with Crippen molar-refractivity contribution >= 4 is 11.6 Å². The van der Waals surface area contributed by atoms with Gasteiger partial charge in [0.15, 0.2) is 11.5 Å². The average molecular weight is 408 g/mol. The molecule has 3 aliphatic rings. The molecular formula is C24H29N3O3. The molecule has 1 saturated heterocycles. The summed E-state index contributed by atoms with van der Waals surface area (Å²) in [6, 6.07) is 14.4. The van der Waals surface area contributed by atoms with E-state index in [4.69, 9.17) is 9.47 Å². The van der Waals surface area contributed by atoms with Gasteiger partial charge in [0.05, 0.1) is 0 Å². The predicted molar refractivity (Wildman–Crippen MR) is 116 cm³/mol. The topological polar surface area (TPSA) is 62.8 Å². The van der Waals surface area contributed by atoms with Gasteiger partial charge in [0.1, 0.15) is 0 Å². The van der Waals surface area contributed by atoms with Gasteiger partial charge >= 0.3 is 0 Å². The Bertz CT molecular complexity index is 887. The molecule has 1 amide bonds. The van der Waals surface area contributed by atoms with Gasteiger partial charge in [-0.05, 0) is 80.1 Å². The summed E-state index contributed by atoms with van der Waals surface area (Å²) in [4.78, 5) is 14.9. The van der Waals surface area contributed by atoms with Gasteiger partial charge in [-0.15, -0.1) is 0 Å². The normalized spacial score (nSPS) is 18.5. The molecule has 0 unspecified atom stereocenters.